The smallest absolute Gasteiger partial charge is 0.127 e. The first-order chi connectivity index (χ1) is 10.7. The zero-order valence-corrected chi connectivity index (χ0v) is 14.7. The summed E-state index contributed by atoms with van der Waals surface area (Å²) in [5, 5.41) is 0. The number of quaternary nitrogens is 2. The Morgan fingerprint density at radius 3 is 2.36 bits per heavy atom. The molecule has 1 aromatic carbocycles. The quantitative estimate of drug-likeness (QED) is 0.679. The van der Waals surface area contributed by atoms with E-state index in [1.807, 2.05) is 0 Å². The Morgan fingerprint density at radius 1 is 1.05 bits per heavy atom. The normalized spacial score (nSPS) is 23.2. The van der Waals surface area contributed by atoms with E-state index in [1.54, 1.807) is 9.80 Å². The maximum Gasteiger partial charge on any atom is 0.127 e. The van der Waals surface area contributed by atoms with Crippen LogP contribution in [0.25, 0.3) is 0 Å². The van der Waals surface area contributed by atoms with E-state index in [-0.39, 0.29) is 0 Å². The summed E-state index contributed by atoms with van der Waals surface area (Å²) < 4.78 is 5.87. The molecule has 1 atom stereocenters. The fourth-order valence-electron chi connectivity index (χ4n) is 3.08. The van der Waals surface area contributed by atoms with Crippen molar-refractivity contribution in [2.45, 2.75) is 39.0 Å². The maximum atomic E-state index is 5.87. The third-order valence-corrected chi connectivity index (χ3v) is 5.07. The van der Waals surface area contributed by atoms with Gasteiger partial charge in [0, 0.05) is 0 Å². The van der Waals surface area contributed by atoms with Crippen molar-refractivity contribution in [2.75, 3.05) is 46.4 Å². The van der Waals surface area contributed by atoms with Gasteiger partial charge >= 0.3 is 0 Å². The molecular formula is C19H34N2O+2. The molecule has 0 bridgehead atoms. The van der Waals surface area contributed by atoms with Gasteiger partial charge in [0.1, 0.15) is 31.9 Å². The SMILES string of the molecule is CC[C@H](C)c1ccc(OCCCC[NH+]2CC[NH+](C)CC2)cc1. The van der Waals surface area contributed by atoms with Gasteiger partial charge in [0.25, 0.3) is 0 Å². The van der Waals surface area contributed by atoms with Gasteiger partial charge in [-0.15, -0.1) is 0 Å². The zero-order chi connectivity index (χ0) is 15.8. The zero-order valence-electron chi connectivity index (χ0n) is 14.7. The lowest BCUT2D eigenvalue weighted by Gasteiger charge is -2.27. The molecule has 1 saturated heterocycles. The van der Waals surface area contributed by atoms with Crippen molar-refractivity contribution >= 4 is 0 Å². The van der Waals surface area contributed by atoms with E-state index >= 15 is 0 Å². The van der Waals surface area contributed by atoms with Crippen molar-refractivity contribution in [1.82, 2.24) is 0 Å². The molecule has 1 fully saturated rings. The van der Waals surface area contributed by atoms with Crippen molar-refractivity contribution in [2.24, 2.45) is 0 Å². The maximum absolute atomic E-state index is 5.87. The second-order valence-electron chi connectivity index (χ2n) is 6.89. The van der Waals surface area contributed by atoms with Gasteiger partial charge in [-0.25, -0.2) is 0 Å². The highest BCUT2D eigenvalue weighted by Gasteiger charge is 2.18. The number of benzene rings is 1. The van der Waals surface area contributed by atoms with Crippen molar-refractivity contribution in [1.29, 1.82) is 0 Å². The summed E-state index contributed by atoms with van der Waals surface area (Å²) in [6.07, 6.45) is 3.63. The standard InChI is InChI=1S/C19H32N2O/c1-4-17(2)18-7-9-19(10-8-18)22-16-6-5-11-21-14-12-20(3)13-15-21/h7-10,17H,4-6,11-16H2,1-3H3/p+2/t17-/m0/s1. The Morgan fingerprint density at radius 2 is 1.73 bits per heavy atom. The molecule has 1 aliphatic heterocycles. The molecule has 1 heterocycles. The van der Waals surface area contributed by atoms with Crippen LogP contribution in [0.15, 0.2) is 24.3 Å². The summed E-state index contributed by atoms with van der Waals surface area (Å²) in [5.74, 6) is 1.66. The summed E-state index contributed by atoms with van der Waals surface area (Å²) in [4.78, 5) is 3.47. The molecule has 0 unspecified atom stereocenters. The van der Waals surface area contributed by atoms with Crippen LogP contribution in [0.1, 0.15) is 44.6 Å². The largest absolute Gasteiger partial charge is 0.494 e. The number of hydrogen-bond donors (Lipinski definition) is 2. The van der Waals surface area contributed by atoms with Crippen molar-refractivity contribution < 1.29 is 14.5 Å². The predicted molar refractivity (Wildman–Crippen MR) is 92.1 cm³/mol. The average Bonchev–Trinajstić information content (AvgIpc) is 2.56. The molecule has 3 nitrogen and oxygen atoms in total. The van der Waals surface area contributed by atoms with Crippen LogP contribution in [-0.4, -0.2) is 46.4 Å². The lowest BCUT2D eigenvalue weighted by molar-refractivity contribution is -1.00. The van der Waals surface area contributed by atoms with Crippen LogP contribution in [-0.2, 0) is 0 Å². The number of nitrogens with one attached hydrogen (secondary N) is 2. The Balaban J connectivity index is 1.58. The van der Waals surface area contributed by atoms with E-state index in [1.165, 1.54) is 57.5 Å². The second-order valence-corrected chi connectivity index (χ2v) is 6.89. The first-order valence-electron chi connectivity index (χ1n) is 9.06. The molecule has 0 aromatic heterocycles. The van der Waals surface area contributed by atoms with E-state index in [4.69, 9.17) is 4.74 Å². The summed E-state index contributed by atoms with van der Waals surface area (Å²) in [5.41, 5.74) is 1.41. The highest BCUT2D eigenvalue weighted by molar-refractivity contribution is 5.29. The predicted octanol–water partition coefficient (Wildman–Crippen LogP) is 0.772. The van der Waals surface area contributed by atoms with Gasteiger partial charge in [-0.2, -0.15) is 0 Å². The molecule has 0 amide bonds. The topological polar surface area (TPSA) is 18.1 Å². The molecule has 1 aliphatic rings. The summed E-state index contributed by atoms with van der Waals surface area (Å²) in [6.45, 7) is 12.0. The van der Waals surface area contributed by atoms with Gasteiger partial charge in [0.2, 0.25) is 0 Å². The van der Waals surface area contributed by atoms with E-state index < -0.39 is 0 Å². The number of rotatable bonds is 8. The molecule has 0 radical (unpaired) electrons. The highest BCUT2D eigenvalue weighted by Crippen LogP contribution is 2.21. The first-order valence-corrected chi connectivity index (χ1v) is 9.06. The molecule has 3 heteroatoms. The van der Waals surface area contributed by atoms with Crippen molar-refractivity contribution in [3.05, 3.63) is 29.8 Å². The fourth-order valence-corrected chi connectivity index (χ4v) is 3.08. The minimum Gasteiger partial charge on any atom is -0.494 e. The van der Waals surface area contributed by atoms with Crippen molar-refractivity contribution in [3.63, 3.8) is 0 Å². The summed E-state index contributed by atoms with van der Waals surface area (Å²) in [7, 11) is 2.30. The monoisotopic (exact) mass is 306 g/mol. The first kappa shape index (κ1) is 17.3. The summed E-state index contributed by atoms with van der Waals surface area (Å²) >= 11 is 0. The van der Waals surface area contributed by atoms with Crippen LogP contribution in [0, 0.1) is 0 Å². The molecule has 2 rings (SSSR count). The van der Waals surface area contributed by atoms with E-state index in [9.17, 15) is 0 Å². The lowest BCUT2D eigenvalue weighted by Crippen LogP contribution is -3.27. The van der Waals surface area contributed by atoms with Crippen LogP contribution in [0.3, 0.4) is 0 Å². The van der Waals surface area contributed by atoms with Crippen LogP contribution >= 0.6 is 0 Å². The Kier molecular flexibility index (Phi) is 7.20. The van der Waals surface area contributed by atoms with Crippen LogP contribution in [0.5, 0.6) is 5.75 Å². The van der Waals surface area contributed by atoms with Crippen LogP contribution in [0.4, 0.5) is 0 Å². The number of piperazine rings is 1. The van der Waals surface area contributed by atoms with E-state index in [0.29, 0.717) is 5.92 Å². The van der Waals surface area contributed by atoms with Crippen molar-refractivity contribution in [3.8, 4) is 5.75 Å². The molecule has 0 saturated carbocycles. The van der Waals surface area contributed by atoms with Gasteiger partial charge in [-0.05, 0) is 42.9 Å². The minimum atomic E-state index is 0.641. The molecule has 2 N–H and O–H groups in total. The number of ether oxygens (including phenoxy) is 1. The third-order valence-electron chi connectivity index (χ3n) is 5.07. The molecule has 0 spiro atoms. The molecular weight excluding hydrogens is 272 g/mol. The number of unbranched alkanes of at least 4 members (excludes halogenated alkanes) is 1. The van der Waals surface area contributed by atoms with E-state index in [0.717, 1.165) is 12.4 Å². The Bertz CT molecular complexity index is 410. The number of likely N-dealkylation sites (N-methyl/N-ethyl adjacent to an activating group) is 1. The Labute approximate surface area is 136 Å². The molecule has 22 heavy (non-hydrogen) atoms. The second kappa shape index (κ2) is 9.16. The number of hydrogen-bond acceptors (Lipinski definition) is 1. The molecule has 0 aliphatic carbocycles. The molecule has 124 valence electrons. The third kappa shape index (κ3) is 5.62. The minimum absolute atomic E-state index is 0.641. The van der Waals surface area contributed by atoms with Gasteiger partial charge in [-0.1, -0.05) is 26.0 Å². The average molecular weight is 306 g/mol. The van der Waals surface area contributed by atoms with Crippen LogP contribution in [0.2, 0.25) is 0 Å². The van der Waals surface area contributed by atoms with Gasteiger partial charge in [0.15, 0.2) is 0 Å². The van der Waals surface area contributed by atoms with Gasteiger partial charge in [0.05, 0.1) is 20.2 Å². The molecule has 1 aromatic rings. The van der Waals surface area contributed by atoms with Crippen LogP contribution < -0.4 is 14.5 Å². The van der Waals surface area contributed by atoms with E-state index in [2.05, 4.69) is 45.2 Å². The Hall–Kier alpha value is -1.06. The summed E-state index contributed by atoms with van der Waals surface area (Å²) in [6, 6.07) is 8.66. The highest BCUT2D eigenvalue weighted by atomic mass is 16.5. The van der Waals surface area contributed by atoms with Gasteiger partial charge in [-0.3, -0.25) is 0 Å². The lowest BCUT2D eigenvalue weighted by atomic mass is 9.99. The fraction of sp³-hybridized carbons (Fsp3) is 0.684. The van der Waals surface area contributed by atoms with Gasteiger partial charge < -0.3 is 14.5 Å².